The Kier molecular flexibility index (Phi) is 3.53. The summed E-state index contributed by atoms with van der Waals surface area (Å²) >= 11 is 0. The molecule has 0 saturated carbocycles. The van der Waals surface area contributed by atoms with Crippen molar-refractivity contribution in [1.29, 1.82) is 0 Å². The zero-order valence-electron chi connectivity index (χ0n) is 16.1. The number of aromatic nitrogens is 2. The molecule has 4 nitrogen and oxygen atoms in total. The van der Waals surface area contributed by atoms with Gasteiger partial charge in [0.25, 0.3) is 0 Å². The second kappa shape index (κ2) is 6.26. The molecule has 0 fully saturated rings. The van der Waals surface area contributed by atoms with Crippen LogP contribution in [-0.2, 0) is 0 Å². The predicted octanol–water partition coefficient (Wildman–Crippen LogP) is 6.48. The van der Waals surface area contributed by atoms with Crippen LogP contribution in [0.25, 0.3) is 27.5 Å². The van der Waals surface area contributed by atoms with Crippen molar-refractivity contribution in [3.05, 3.63) is 89.9 Å². The monoisotopic (exact) mass is 393 g/mol. The summed E-state index contributed by atoms with van der Waals surface area (Å²) in [7, 11) is 0. The van der Waals surface area contributed by atoms with Gasteiger partial charge in [-0.3, -0.25) is 4.99 Å². The van der Waals surface area contributed by atoms with E-state index in [1.165, 1.54) is 6.07 Å². The molecule has 5 heteroatoms. The SMILES string of the molecule is Cc1ccc2c(c1)N=Cc1cc3cc(-n4ccc5ccc(F)cc54)ccc3nc1O2. The Bertz CT molecular complexity index is 1500. The van der Waals surface area contributed by atoms with Crippen LogP contribution in [0.2, 0.25) is 0 Å². The van der Waals surface area contributed by atoms with Gasteiger partial charge in [-0.1, -0.05) is 6.07 Å². The number of aliphatic imine (C=N–C) groups is 1. The predicted molar refractivity (Wildman–Crippen MR) is 117 cm³/mol. The van der Waals surface area contributed by atoms with E-state index in [0.717, 1.165) is 44.3 Å². The summed E-state index contributed by atoms with van der Waals surface area (Å²) < 4.78 is 21.8. The molecular formula is C25H16FN3O. The Morgan fingerprint density at radius 2 is 1.83 bits per heavy atom. The molecule has 3 heterocycles. The van der Waals surface area contributed by atoms with Crippen molar-refractivity contribution in [3.63, 3.8) is 0 Å². The number of hydrogen-bond acceptors (Lipinski definition) is 3. The molecule has 0 N–H and O–H groups in total. The van der Waals surface area contributed by atoms with E-state index in [0.29, 0.717) is 11.6 Å². The first-order chi connectivity index (χ1) is 14.6. The van der Waals surface area contributed by atoms with Crippen LogP contribution >= 0.6 is 0 Å². The van der Waals surface area contributed by atoms with E-state index in [2.05, 4.69) is 4.99 Å². The number of hydrogen-bond donors (Lipinski definition) is 0. The molecule has 0 spiro atoms. The number of aryl methyl sites for hydroxylation is 1. The average Bonchev–Trinajstić information content (AvgIpc) is 3.08. The molecule has 144 valence electrons. The van der Waals surface area contributed by atoms with Crippen molar-refractivity contribution < 1.29 is 9.13 Å². The van der Waals surface area contributed by atoms with Gasteiger partial charge in [-0.05, 0) is 73.2 Å². The fraction of sp³-hybridized carbons (Fsp3) is 0.0400. The second-order valence-corrected chi connectivity index (χ2v) is 7.48. The molecule has 5 aromatic rings. The van der Waals surface area contributed by atoms with Gasteiger partial charge in [-0.15, -0.1) is 0 Å². The molecule has 0 aliphatic carbocycles. The molecule has 0 bridgehead atoms. The molecule has 0 unspecified atom stereocenters. The Morgan fingerprint density at radius 3 is 2.77 bits per heavy atom. The molecule has 0 atom stereocenters. The zero-order valence-corrected chi connectivity index (χ0v) is 16.1. The van der Waals surface area contributed by atoms with E-state index < -0.39 is 0 Å². The second-order valence-electron chi connectivity index (χ2n) is 7.48. The third-order valence-corrected chi connectivity index (χ3v) is 5.39. The van der Waals surface area contributed by atoms with Gasteiger partial charge in [-0.25, -0.2) is 9.37 Å². The number of nitrogens with zero attached hydrogens (tertiary/aromatic N) is 3. The third-order valence-electron chi connectivity index (χ3n) is 5.39. The molecule has 1 aliphatic heterocycles. The minimum absolute atomic E-state index is 0.251. The molecule has 1 aliphatic rings. The van der Waals surface area contributed by atoms with Crippen LogP contribution in [0.5, 0.6) is 11.6 Å². The number of pyridine rings is 1. The summed E-state index contributed by atoms with van der Waals surface area (Å²) in [6, 6.07) is 20.7. The Hall–Kier alpha value is -3.99. The first kappa shape index (κ1) is 16.9. The number of fused-ring (bicyclic) bond motifs is 4. The van der Waals surface area contributed by atoms with Crippen molar-refractivity contribution in [2.45, 2.75) is 6.92 Å². The molecule has 0 amide bonds. The van der Waals surface area contributed by atoms with Crippen LogP contribution in [0.1, 0.15) is 11.1 Å². The molecule has 6 rings (SSSR count). The van der Waals surface area contributed by atoms with Crippen LogP contribution < -0.4 is 4.74 Å². The van der Waals surface area contributed by atoms with E-state index in [4.69, 9.17) is 9.72 Å². The molecule has 0 saturated heterocycles. The number of benzene rings is 3. The number of ether oxygens (including phenoxy) is 1. The Labute approximate surface area is 171 Å². The first-order valence-electron chi connectivity index (χ1n) is 9.68. The van der Waals surface area contributed by atoms with Crippen molar-refractivity contribution in [3.8, 4) is 17.3 Å². The minimum Gasteiger partial charge on any atom is -0.436 e. The maximum Gasteiger partial charge on any atom is 0.228 e. The lowest BCUT2D eigenvalue weighted by Gasteiger charge is -2.10. The summed E-state index contributed by atoms with van der Waals surface area (Å²) in [6.07, 6.45) is 3.74. The average molecular weight is 393 g/mol. The largest absolute Gasteiger partial charge is 0.436 e. The maximum atomic E-state index is 13.8. The van der Waals surface area contributed by atoms with Crippen molar-refractivity contribution in [1.82, 2.24) is 9.55 Å². The Morgan fingerprint density at radius 1 is 0.900 bits per heavy atom. The highest BCUT2D eigenvalue weighted by atomic mass is 19.1. The van der Waals surface area contributed by atoms with Crippen LogP contribution in [0, 0.1) is 12.7 Å². The summed E-state index contributed by atoms with van der Waals surface area (Å²) in [6.45, 7) is 2.03. The van der Waals surface area contributed by atoms with E-state index in [-0.39, 0.29) is 5.82 Å². The van der Waals surface area contributed by atoms with Crippen LogP contribution in [0.4, 0.5) is 10.1 Å². The summed E-state index contributed by atoms with van der Waals surface area (Å²) in [5.41, 5.74) is 5.32. The number of halogens is 1. The van der Waals surface area contributed by atoms with E-state index in [1.807, 2.05) is 66.2 Å². The third kappa shape index (κ3) is 2.67. The Balaban J connectivity index is 1.49. The quantitative estimate of drug-likeness (QED) is 0.321. The minimum atomic E-state index is -0.251. The van der Waals surface area contributed by atoms with E-state index in [9.17, 15) is 4.39 Å². The summed E-state index contributed by atoms with van der Waals surface area (Å²) in [4.78, 5) is 9.30. The lowest BCUT2D eigenvalue weighted by molar-refractivity contribution is 0.467. The fourth-order valence-electron chi connectivity index (χ4n) is 3.87. The molecule has 0 radical (unpaired) electrons. The highest BCUT2D eigenvalue weighted by Gasteiger charge is 2.15. The molecule has 2 aromatic heterocycles. The fourth-order valence-corrected chi connectivity index (χ4v) is 3.87. The zero-order chi connectivity index (χ0) is 20.2. The lowest BCUT2D eigenvalue weighted by atomic mass is 10.1. The highest BCUT2D eigenvalue weighted by Crippen LogP contribution is 2.37. The maximum absolute atomic E-state index is 13.8. The normalized spacial score (nSPS) is 12.5. The van der Waals surface area contributed by atoms with Crippen LogP contribution in [0.15, 0.2) is 77.9 Å². The molecular weight excluding hydrogens is 377 g/mol. The summed E-state index contributed by atoms with van der Waals surface area (Å²) in [5.74, 6) is 0.980. The van der Waals surface area contributed by atoms with Gasteiger partial charge < -0.3 is 9.30 Å². The topological polar surface area (TPSA) is 39.4 Å². The van der Waals surface area contributed by atoms with E-state index >= 15 is 0 Å². The van der Waals surface area contributed by atoms with Gasteiger partial charge >= 0.3 is 0 Å². The molecule has 3 aromatic carbocycles. The standard InChI is InChI=1S/C25H16FN3O/c1-15-2-7-24-22(10-15)27-14-18-11-17-12-20(5-6-21(17)28-25(18)30-24)29-9-8-16-3-4-19(26)13-23(16)29/h2-14H,1H3. The van der Waals surface area contributed by atoms with Crippen LogP contribution in [0.3, 0.4) is 0 Å². The van der Waals surface area contributed by atoms with Crippen molar-refractivity contribution in [2.24, 2.45) is 4.99 Å². The summed E-state index contributed by atoms with van der Waals surface area (Å²) in [5, 5.41) is 1.95. The lowest BCUT2D eigenvalue weighted by Crippen LogP contribution is -1.96. The number of rotatable bonds is 1. The van der Waals surface area contributed by atoms with Gasteiger partial charge in [0.15, 0.2) is 5.75 Å². The van der Waals surface area contributed by atoms with Crippen molar-refractivity contribution in [2.75, 3.05) is 0 Å². The smallest absolute Gasteiger partial charge is 0.228 e. The molecule has 30 heavy (non-hydrogen) atoms. The van der Waals surface area contributed by atoms with E-state index in [1.54, 1.807) is 18.3 Å². The van der Waals surface area contributed by atoms with Gasteiger partial charge in [0.05, 0.1) is 16.6 Å². The van der Waals surface area contributed by atoms with Crippen LogP contribution in [-0.4, -0.2) is 15.8 Å². The van der Waals surface area contributed by atoms with Gasteiger partial charge in [0.2, 0.25) is 5.88 Å². The first-order valence-corrected chi connectivity index (χ1v) is 9.68. The van der Waals surface area contributed by atoms with Gasteiger partial charge in [-0.2, -0.15) is 0 Å². The van der Waals surface area contributed by atoms with Gasteiger partial charge in [0.1, 0.15) is 11.5 Å². The highest BCUT2D eigenvalue weighted by molar-refractivity contribution is 5.94. The van der Waals surface area contributed by atoms with Gasteiger partial charge in [0, 0.05) is 28.9 Å². The van der Waals surface area contributed by atoms with Crippen molar-refractivity contribution >= 4 is 33.7 Å².